The minimum absolute atomic E-state index is 0.335. The molecule has 0 N–H and O–H groups in total. The molecule has 1 aromatic heterocycles. The normalized spacial score (nSPS) is 13.6. The molecule has 8 aromatic rings. The minimum Gasteiger partial charge on any atom is -0.309 e. The summed E-state index contributed by atoms with van der Waals surface area (Å²) in [6, 6.07) is 60.7. The van der Waals surface area contributed by atoms with Crippen molar-refractivity contribution in [3.63, 3.8) is 0 Å². The van der Waals surface area contributed by atoms with Gasteiger partial charge in [-0.05, 0) is 86.0 Å². The number of aromatic nitrogens is 1. The van der Waals surface area contributed by atoms with E-state index in [1.807, 2.05) is 0 Å². The fourth-order valence-corrected chi connectivity index (χ4v) is 8.28. The third kappa shape index (κ3) is 2.94. The summed E-state index contributed by atoms with van der Waals surface area (Å²) in [5, 5.41) is 2.55. The minimum atomic E-state index is -0.335. The van der Waals surface area contributed by atoms with Crippen molar-refractivity contribution < 1.29 is 0 Å². The van der Waals surface area contributed by atoms with Crippen LogP contribution in [0.5, 0.6) is 0 Å². The van der Waals surface area contributed by atoms with Crippen molar-refractivity contribution in [2.75, 3.05) is 0 Å². The molecule has 0 fully saturated rings. The van der Waals surface area contributed by atoms with E-state index in [9.17, 15) is 0 Å². The SMILES string of the molecule is c1ccc(-n2c3ccccc3c3ccc(-c4ccc5c(c4)C4(c6ccccc6-c6ccccc64)c4ccccc4-5)cc32)cc1. The fraction of sp³-hybridized carbons (Fsp3) is 0.0233. The van der Waals surface area contributed by atoms with Crippen molar-refractivity contribution >= 4 is 21.8 Å². The Morgan fingerprint density at radius 2 is 0.841 bits per heavy atom. The summed E-state index contributed by atoms with van der Waals surface area (Å²) in [7, 11) is 0. The molecule has 204 valence electrons. The van der Waals surface area contributed by atoms with Gasteiger partial charge in [-0.2, -0.15) is 0 Å². The lowest BCUT2D eigenvalue weighted by molar-refractivity contribution is 0.794. The van der Waals surface area contributed by atoms with Gasteiger partial charge in [-0.15, -0.1) is 0 Å². The Bertz CT molecular complexity index is 2380. The lowest BCUT2D eigenvalue weighted by Gasteiger charge is -2.30. The molecule has 1 heteroatoms. The van der Waals surface area contributed by atoms with Gasteiger partial charge in [0.2, 0.25) is 0 Å². The molecule has 0 aliphatic heterocycles. The van der Waals surface area contributed by atoms with Crippen molar-refractivity contribution in [3.8, 4) is 39.1 Å². The molecule has 10 rings (SSSR count). The van der Waals surface area contributed by atoms with Gasteiger partial charge in [0, 0.05) is 16.5 Å². The molecule has 0 saturated carbocycles. The predicted octanol–water partition coefficient (Wildman–Crippen LogP) is 10.8. The molecule has 0 atom stereocenters. The summed E-state index contributed by atoms with van der Waals surface area (Å²) >= 11 is 0. The standard InChI is InChI=1S/C43H27N/c1-2-12-30(13-3-1)44-41-21-11-7-17-35(41)36-25-23-29(27-42(36)44)28-22-24-34-33-16-6-10-20-39(33)43(40(34)26-28)37-18-8-4-14-31(37)32-15-5-9-19-38(32)43/h1-27H. The van der Waals surface area contributed by atoms with Gasteiger partial charge in [0.05, 0.1) is 16.4 Å². The third-order valence-electron chi connectivity index (χ3n) is 10.0. The van der Waals surface area contributed by atoms with Gasteiger partial charge in [-0.25, -0.2) is 0 Å². The van der Waals surface area contributed by atoms with Gasteiger partial charge in [-0.1, -0.05) is 133 Å². The van der Waals surface area contributed by atoms with E-state index < -0.39 is 0 Å². The van der Waals surface area contributed by atoms with E-state index in [0.29, 0.717) is 0 Å². The monoisotopic (exact) mass is 557 g/mol. The Labute approximate surface area is 256 Å². The number of benzene rings is 7. The zero-order chi connectivity index (χ0) is 28.8. The van der Waals surface area contributed by atoms with Crippen LogP contribution in [0.3, 0.4) is 0 Å². The van der Waals surface area contributed by atoms with E-state index in [-0.39, 0.29) is 5.41 Å². The van der Waals surface area contributed by atoms with Crippen molar-refractivity contribution in [1.29, 1.82) is 0 Å². The summed E-state index contributed by atoms with van der Waals surface area (Å²) in [6.45, 7) is 0. The van der Waals surface area contributed by atoms with Crippen LogP contribution in [0.4, 0.5) is 0 Å². The molecule has 2 aliphatic carbocycles. The van der Waals surface area contributed by atoms with Crippen LogP contribution >= 0.6 is 0 Å². The Morgan fingerprint density at radius 1 is 0.341 bits per heavy atom. The molecule has 1 heterocycles. The molecule has 0 unspecified atom stereocenters. The van der Waals surface area contributed by atoms with Crippen molar-refractivity contribution in [1.82, 2.24) is 4.57 Å². The molecule has 1 nitrogen and oxygen atoms in total. The quantitative estimate of drug-likeness (QED) is 0.199. The van der Waals surface area contributed by atoms with Gasteiger partial charge >= 0.3 is 0 Å². The van der Waals surface area contributed by atoms with Crippen LogP contribution in [0.15, 0.2) is 164 Å². The van der Waals surface area contributed by atoms with Crippen LogP contribution in [-0.2, 0) is 5.41 Å². The van der Waals surface area contributed by atoms with Crippen LogP contribution in [-0.4, -0.2) is 4.57 Å². The van der Waals surface area contributed by atoms with Crippen LogP contribution in [0.25, 0.3) is 60.9 Å². The summed E-state index contributed by atoms with van der Waals surface area (Å²) in [6.07, 6.45) is 0. The van der Waals surface area contributed by atoms with Gasteiger partial charge in [0.1, 0.15) is 0 Å². The Hall–Kier alpha value is -5.66. The first-order chi connectivity index (χ1) is 21.8. The number of hydrogen-bond acceptors (Lipinski definition) is 0. The van der Waals surface area contributed by atoms with Crippen LogP contribution < -0.4 is 0 Å². The molecule has 44 heavy (non-hydrogen) atoms. The van der Waals surface area contributed by atoms with E-state index in [1.165, 1.54) is 83.1 Å². The van der Waals surface area contributed by atoms with E-state index in [2.05, 4.69) is 168 Å². The fourth-order valence-electron chi connectivity index (χ4n) is 8.28. The molecule has 0 bridgehead atoms. The smallest absolute Gasteiger partial charge is 0.0725 e. The Kier molecular flexibility index (Phi) is 4.71. The molecular weight excluding hydrogens is 530 g/mol. The predicted molar refractivity (Wildman–Crippen MR) is 183 cm³/mol. The Balaban J connectivity index is 1.26. The summed E-state index contributed by atoms with van der Waals surface area (Å²) < 4.78 is 2.41. The van der Waals surface area contributed by atoms with Crippen LogP contribution in [0.2, 0.25) is 0 Å². The first-order valence-electron chi connectivity index (χ1n) is 15.4. The third-order valence-corrected chi connectivity index (χ3v) is 10.0. The van der Waals surface area contributed by atoms with E-state index in [4.69, 9.17) is 0 Å². The molecule has 2 aliphatic rings. The van der Waals surface area contributed by atoms with E-state index >= 15 is 0 Å². The highest BCUT2D eigenvalue weighted by molar-refractivity contribution is 6.10. The van der Waals surface area contributed by atoms with E-state index in [1.54, 1.807) is 0 Å². The van der Waals surface area contributed by atoms with Crippen molar-refractivity contribution in [2.24, 2.45) is 0 Å². The maximum absolute atomic E-state index is 2.48. The van der Waals surface area contributed by atoms with Gasteiger partial charge < -0.3 is 4.57 Å². The highest BCUT2D eigenvalue weighted by atomic mass is 15.0. The zero-order valence-electron chi connectivity index (χ0n) is 24.0. The lowest BCUT2D eigenvalue weighted by atomic mass is 9.70. The second-order valence-corrected chi connectivity index (χ2v) is 12.1. The Morgan fingerprint density at radius 3 is 1.52 bits per heavy atom. The average Bonchev–Trinajstić information content (AvgIpc) is 3.70. The van der Waals surface area contributed by atoms with Gasteiger partial charge in [0.15, 0.2) is 0 Å². The molecule has 0 saturated heterocycles. The first kappa shape index (κ1) is 23.9. The van der Waals surface area contributed by atoms with Crippen molar-refractivity contribution in [2.45, 2.75) is 5.41 Å². The number of rotatable bonds is 2. The number of fused-ring (bicyclic) bond motifs is 13. The van der Waals surface area contributed by atoms with Crippen molar-refractivity contribution in [3.05, 3.63) is 186 Å². The number of para-hydroxylation sites is 2. The van der Waals surface area contributed by atoms with Crippen LogP contribution in [0.1, 0.15) is 22.3 Å². The molecular formula is C43H27N. The van der Waals surface area contributed by atoms with Crippen LogP contribution in [0, 0.1) is 0 Å². The zero-order valence-corrected chi connectivity index (χ0v) is 24.0. The van der Waals surface area contributed by atoms with Gasteiger partial charge in [0.25, 0.3) is 0 Å². The second-order valence-electron chi connectivity index (χ2n) is 12.1. The molecule has 0 radical (unpaired) electrons. The summed E-state index contributed by atoms with van der Waals surface area (Å²) in [5.74, 6) is 0. The van der Waals surface area contributed by atoms with Gasteiger partial charge in [-0.3, -0.25) is 0 Å². The first-order valence-corrected chi connectivity index (χ1v) is 15.4. The maximum atomic E-state index is 2.48. The topological polar surface area (TPSA) is 4.93 Å². The number of nitrogens with zero attached hydrogens (tertiary/aromatic N) is 1. The molecule has 1 spiro atoms. The maximum Gasteiger partial charge on any atom is 0.0725 e. The highest BCUT2D eigenvalue weighted by Gasteiger charge is 2.51. The molecule has 7 aromatic carbocycles. The summed E-state index contributed by atoms with van der Waals surface area (Å²) in [5.41, 5.74) is 16.6. The van der Waals surface area contributed by atoms with E-state index in [0.717, 1.165) is 0 Å². The molecule has 0 amide bonds. The largest absolute Gasteiger partial charge is 0.309 e. The number of hydrogen-bond donors (Lipinski definition) is 0. The second kappa shape index (κ2) is 8.69. The summed E-state index contributed by atoms with van der Waals surface area (Å²) in [4.78, 5) is 0. The lowest BCUT2D eigenvalue weighted by Crippen LogP contribution is -2.25. The average molecular weight is 558 g/mol. The highest BCUT2D eigenvalue weighted by Crippen LogP contribution is 2.63.